The third-order valence-electron chi connectivity index (χ3n) is 15.2. The minimum absolute atomic E-state index is 0.0979. The first-order chi connectivity index (χ1) is 29.2. The molecule has 11 unspecified atom stereocenters. The molecule has 0 saturated carbocycles. The van der Waals surface area contributed by atoms with Gasteiger partial charge in [0, 0.05) is 31.0 Å². The Bertz CT molecular complexity index is 1370. The molecule has 1 N–H and O–H groups in total. The van der Waals surface area contributed by atoms with Crippen molar-refractivity contribution in [1.82, 2.24) is 0 Å². The number of epoxide rings is 1. The molecule has 1 saturated heterocycles. The first kappa shape index (κ1) is 57.2. The number of aliphatic hydroxyl groups is 1. The van der Waals surface area contributed by atoms with E-state index in [0.717, 1.165) is 72.8 Å². The molecular weight excluding hydrogens is 829 g/mol. The summed E-state index contributed by atoms with van der Waals surface area (Å²) in [5.41, 5.74) is -0.577. The van der Waals surface area contributed by atoms with Gasteiger partial charge in [-0.2, -0.15) is 0 Å². The van der Waals surface area contributed by atoms with Crippen molar-refractivity contribution in [3.8, 4) is 0 Å². The lowest BCUT2D eigenvalue weighted by molar-refractivity contribution is -0.221. The third kappa shape index (κ3) is 16.1. The zero-order valence-corrected chi connectivity index (χ0v) is 45.9. The second-order valence-electron chi connectivity index (χ2n) is 19.2. The van der Waals surface area contributed by atoms with Gasteiger partial charge < -0.3 is 37.3 Å². The summed E-state index contributed by atoms with van der Waals surface area (Å²) < 4.78 is 46.5. The summed E-state index contributed by atoms with van der Waals surface area (Å²) in [6, 6.07) is 9.52. The van der Waals surface area contributed by atoms with Crippen LogP contribution in [0.15, 0.2) is 36.0 Å². The second-order valence-corrected chi connectivity index (χ2v) is 33.4. The van der Waals surface area contributed by atoms with E-state index in [1.807, 2.05) is 40.7 Å². The first-order valence-corrected chi connectivity index (χ1v) is 32.8. The van der Waals surface area contributed by atoms with Gasteiger partial charge in [-0.05, 0) is 114 Å². The number of hydrogen-bond acceptors (Lipinski definition) is 9. The van der Waals surface area contributed by atoms with Gasteiger partial charge in [0.1, 0.15) is 12.2 Å². The van der Waals surface area contributed by atoms with E-state index in [0.29, 0.717) is 25.4 Å². The summed E-state index contributed by atoms with van der Waals surface area (Å²) in [6.07, 6.45) is 11.2. The van der Waals surface area contributed by atoms with E-state index < -0.39 is 54.7 Å². The lowest BCUT2D eigenvalue weighted by atomic mass is 9.88. The monoisotopic (exact) mass is 925 g/mol. The molecule has 0 amide bonds. The minimum Gasteiger partial charge on any atom is -0.457 e. The number of hydrogen-bond donors (Lipinski definition) is 1. The van der Waals surface area contributed by atoms with Crippen LogP contribution < -0.4 is 0 Å². The van der Waals surface area contributed by atoms with Gasteiger partial charge >= 0.3 is 5.97 Å². The average molecular weight is 926 g/mol. The highest BCUT2D eigenvalue weighted by Crippen LogP contribution is 2.43. The van der Waals surface area contributed by atoms with Crippen LogP contribution >= 0.6 is 0 Å². The maximum absolute atomic E-state index is 14.0. The number of rotatable bonds is 27. The van der Waals surface area contributed by atoms with Gasteiger partial charge in [0.05, 0.1) is 35.9 Å². The van der Waals surface area contributed by atoms with Gasteiger partial charge in [0.2, 0.25) is 0 Å². The number of aliphatic hydroxyl groups excluding tert-OH is 1. The summed E-state index contributed by atoms with van der Waals surface area (Å²) in [6.45, 7) is 37.5. The van der Waals surface area contributed by atoms with Gasteiger partial charge in [-0.3, -0.25) is 4.79 Å². The minimum atomic E-state index is -2.08. The van der Waals surface area contributed by atoms with Crippen molar-refractivity contribution in [2.24, 2.45) is 11.8 Å². The van der Waals surface area contributed by atoms with E-state index in [4.69, 9.17) is 32.2 Å². The number of allylic oxidation sites excluding steroid dienone is 2. The van der Waals surface area contributed by atoms with Crippen LogP contribution in [0.1, 0.15) is 150 Å². The standard InChI is InChI=1S/C50H96O9Si3/c1-18-43(58-61(23-6,24-7)25-8)40(14)48-44(54-48)37-49(16,59-62(26-9,27-10)28-11)34-29-30-38(12)47-39(13)31-32-45(51)50(17,56-41(15)53-19-2)35-33-42(36-46(52)55-47)57-60(20-3,21-4)22-5/h29-32,34,39-45,47-48,51H,18-28,33,35-37H2,1-17H3/b32-31+,34-29+,38-30+. The van der Waals surface area contributed by atoms with Crippen LogP contribution in [0.5, 0.6) is 0 Å². The average Bonchev–Trinajstić information content (AvgIpc) is 4.03. The van der Waals surface area contributed by atoms with Crippen LogP contribution in [0.3, 0.4) is 0 Å². The maximum atomic E-state index is 14.0. The summed E-state index contributed by atoms with van der Waals surface area (Å²) in [5, 5.41) is 11.8. The second kappa shape index (κ2) is 26.4. The molecule has 1 fully saturated rings. The van der Waals surface area contributed by atoms with Crippen molar-refractivity contribution in [3.63, 3.8) is 0 Å². The fraction of sp³-hybridized carbons (Fsp3) is 0.860. The zero-order chi connectivity index (χ0) is 46.9. The largest absolute Gasteiger partial charge is 0.457 e. The molecule has 2 rings (SSSR count). The molecule has 0 bridgehead atoms. The summed E-state index contributed by atoms with van der Waals surface area (Å²) in [4.78, 5) is 14.0. The van der Waals surface area contributed by atoms with E-state index in [-0.39, 0.29) is 42.7 Å². The third-order valence-corrected chi connectivity index (χ3v) is 29.3. The number of esters is 1. The quantitative estimate of drug-likeness (QED) is 0.0215. The number of carbonyl (C=O) groups is 1. The number of cyclic esters (lactones) is 1. The Hall–Kier alpha value is -0.939. The highest BCUT2D eigenvalue weighted by Gasteiger charge is 2.51. The Morgan fingerprint density at radius 2 is 1.47 bits per heavy atom. The van der Waals surface area contributed by atoms with Gasteiger partial charge in [0.15, 0.2) is 31.2 Å². The molecule has 2 heterocycles. The van der Waals surface area contributed by atoms with E-state index in [1.165, 1.54) is 0 Å². The Balaban J connectivity index is 2.53. The predicted molar refractivity (Wildman–Crippen MR) is 265 cm³/mol. The van der Waals surface area contributed by atoms with Crippen LogP contribution in [-0.4, -0.2) is 96.8 Å². The van der Waals surface area contributed by atoms with Crippen LogP contribution in [-0.2, 0) is 37.0 Å². The molecule has 0 aliphatic carbocycles. The van der Waals surface area contributed by atoms with Gasteiger partial charge in [-0.1, -0.05) is 113 Å². The molecule has 11 atom stereocenters. The van der Waals surface area contributed by atoms with Crippen LogP contribution in [0.2, 0.25) is 54.4 Å². The molecule has 62 heavy (non-hydrogen) atoms. The molecule has 0 radical (unpaired) electrons. The molecule has 9 nitrogen and oxygen atoms in total. The SMILES string of the molecule is CCOC(C)OC1(C)CCC(O[Si](CC)(CC)CC)CC(=O)OC(/C(C)=C/C=C/C(C)(CC2OC2C(C)C(CC)O[Si](CC)(CC)CC)O[Si](CC)(CC)CC)C(C)/C=C/C1O. The van der Waals surface area contributed by atoms with Crippen molar-refractivity contribution in [2.45, 2.75) is 258 Å². The molecule has 362 valence electrons. The molecule has 12 heteroatoms. The first-order valence-electron chi connectivity index (χ1n) is 25.2. The Kier molecular flexibility index (Phi) is 24.4. The van der Waals surface area contributed by atoms with E-state index in [9.17, 15) is 9.90 Å². The van der Waals surface area contributed by atoms with Crippen molar-refractivity contribution in [2.75, 3.05) is 6.61 Å². The highest BCUT2D eigenvalue weighted by atomic mass is 28.4. The van der Waals surface area contributed by atoms with Gasteiger partial charge in [0.25, 0.3) is 0 Å². The lowest BCUT2D eigenvalue weighted by Gasteiger charge is -2.39. The topological polar surface area (TPSA) is 105 Å². The van der Waals surface area contributed by atoms with Crippen molar-refractivity contribution in [1.29, 1.82) is 0 Å². The Morgan fingerprint density at radius 3 is 1.98 bits per heavy atom. The van der Waals surface area contributed by atoms with Crippen LogP contribution in [0.4, 0.5) is 0 Å². The maximum Gasteiger partial charge on any atom is 0.308 e. The molecule has 0 aromatic rings. The van der Waals surface area contributed by atoms with E-state index in [2.05, 4.69) is 101 Å². The van der Waals surface area contributed by atoms with Crippen molar-refractivity contribution >= 4 is 30.9 Å². The molecular formula is C50H96O9Si3. The van der Waals surface area contributed by atoms with Gasteiger partial charge in [-0.15, -0.1) is 0 Å². The Labute approximate surface area is 384 Å². The van der Waals surface area contributed by atoms with E-state index >= 15 is 0 Å². The Morgan fingerprint density at radius 1 is 0.903 bits per heavy atom. The smallest absolute Gasteiger partial charge is 0.308 e. The van der Waals surface area contributed by atoms with E-state index in [1.54, 1.807) is 6.08 Å². The summed E-state index contributed by atoms with van der Waals surface area (Å²) in [5.74, 6) is -0.197. The molecule has 0 spiro atoms. The fourth-order valence-corrected chi connectivity index (χ4v) is 18.9. The van der Waals surface area contributed by atoms with Crippen LogP contribution in [0, 0.1) is 11.8 Å². The number of ether oxygens (including phenoxy) is 4. The van der Waals surface area contributed by atoms with Gasteiger partial charge in [-0.25, -0.2) is 0 Å². The van der Waals surface area contributed by atoms with Crippen molar-refractivity contribution in [3.05, 3.63) is 36.0 Å². The highest BCUT2D eigenvalue weighted by molar-refractivity contribution is 6.74. The van der Waals surface area contributed by atoms with Crippen molar-refractivity contribution < 1.29 is 42.1 Å². The normalized spacial score (nSPS) is 29.0. The lowest BCUT2D eigenvalue weighted by Crippen LogP contribution is -2.46. The predicted octanol–water partition coefficient (Wildman–Crippen LogP) is 13.1. The molecule has 2 aliphatic heterocycles. The molecule has 0 aromatic heterocycles. The summed E-state index contributed by atoms with van der Waals surface area (Å²) >= 11 is 0. The zero-order valence-electron chi connectivity index (χ0n) is 42.9. The number of carbonyl (C=O) groups excluding carboxylic acids is 1. The van der Waals surface area contributed by atoms with Crippen LogP contribution in [0.25, 0.3) is 0 Å². The molecule has 0 aromatic carbocycles. The molecule has 2 aliphatic rings. The summed E-state index contributed by atoms with van der Waals surface area (Å²) in [7, 11) is -5.86. The fourth-order valence-electron chi connectivity index (χ4n) is 9.88.